The predicted octanol–water partition coefficient (Wildman–Crippen LogP) is 1.76. The third-order valence-corrected chi connectivity index (χ3v) is 5.20. The van der Waals surface area contributed by atoms with E-state index >= 15 is 0 Å². The van der Waals surface area contributed by atoms with E-state index in [9.17, 15) is 35.9 Å². The van der Waals surface area contributed by atoms with Gasteiger partial charge in [0.2, 0.25) is 11.9 Å². The summed E-state index contributed by atoms with van der Waals surface area (Å²) >= 11 is 0. The Morgan fingerprint density at radius 3 is 2.31 bits per heavy atom. The van der Waals surface area contributed by atoms with Crippen LogP contribution in [0.4, 0.5) is 32.3 Å². The van der Waals surface area contributed by atoms with Crippen LogP contribution in [0.5, 0.6) is 0 Å². The number of aromatic nitrogens is 4. The van der Waals surface area contributed by atoms with E-state index in [1.54, 1.807) is 16.7 Å². The molecule has 1 N–H and O–H groups in total. The van der Waals surface area contributed by atoms with Gasteiger partial charge in [0.15, 0.2) is 0 Å². The number of rotatable bonds is 8. The van der Waals surface area contributed by atoms with Gasteiger partial charge in [0, 0.05) is 38.6 Å². The van der Waals surface area contributed by atoms with Gasteiger partial charge in [0.1, 0.15) is 5.56 Å². The topological polar surface area (TPSA) is 105 Å². The first kappa shape index (κ1) is 27.2. The molecule has 1 atom stereocenters. The lowest BCUT2D eigenvalue weighted by molar-refractivity contribution is -0.139. The number of ether oxygens (including phenoxy) is 1. The molecule has 16 heteroatoms. The number of carbonyl (C=O) groups excluding carboxylic acids is 1. The molecule has 36 heavy (non-hydrogen) atoms. The quantitative estimate of drug-likeness (QED) is 0.412. The van der Waals surface area contributed by atoms with E-state index < -0.39 is 35.1 Å². The van der Waals surface area contributed by atoms with E-state index in [1.807, 2.05) is 0 Å². The summed E-state index contributed by atoms with van der Waals surface area (Å²) in [7, 11) is 0. The summed E-state index contributed by atoms with van der Waals surface area (Å²) in [5.41, 5.74) is -1.14. The molecule has 2 aromatic heterocycles. The molecular formula is C20H23F6N7O3. The van der Waals surface area contributed by atoms with E-state index in [2.05, 4.69) is 20.5 Å². The molecule has 0 saturated carbocycles. The molecule has 10 nitrogen and oxygen atoms in total. The number of anilines is 1. The zero-order chi connectivity index (χ0) is 26.5. The number of alkyl halides is 6. The van der Waals surface area contributed by atoms with Crippen LogP contribution in [0.25, 0.3) is 0 Å². The summed E-state index contributed by atoms with van der Waals surface area (Å²) in [5.74, 6) is -0.0475. The number of nitrogens with one attached hydrogen (secondary N) is 1. The van der Waals surface area contributed by atoms with Crippen molar-refractivity contribution < 1.29 is 35.9 Å². The standard InChI is InChI=1S/C20H23F6N7O3/c1-13(30-33-17(35)15(2-4-29-33)20(24,25)26)12-36-9-3-16(34)31-5-7-32(8-6-31)18-27-10-14(11-28-18)19(21,22)23/h2,4,10-11,13,30H,3,5-9,12H2,1H3/t13-/m0/s1. The molecular weight excluding hydrogens is 500 g/mol. The van der Waals surface area contributed by atoms with Crippen molar-refractivity contribution in [2.24, 2.45) is 0 Å². The van der Waals surface area contributed by atoms with Gasteiger partial charge in [0.25, 0.3) is 5.56 Å². The van der Waals surface area contributed by atoms with Crippen LogP contribution < -0.4 is 15.9 Å². The Balaban J connectivity index is 1.38. The van der Waals surface area contributed by atoms with Crippen LogP contribution in [-0.2, 0) is 21.9 Å². The van der Waals surface area contributed by atoms with Crippen LogP contribution in [-0.4, -0.2) is 76.1 Å². The molecule has 1 aliphatic rings. The third-order valence-electron chi connectivity index (χ3n) is 5.20. The first-order valence-electron chi connectivity index (χ1n) is 10.8. The monoisotopic (exact) mass is 523 g/mol. The summed E-state index contributed by atoms with van der Waals surface area (Å²) in [4.78, 5) is 35.5. The average molecular weight is 523 g/mol. The molecule has 1 fully saturated rings. The molecule has 0 unspecified atom stereocenters. The molecule has 0 aromatic carbocycles. The molecule has 3 heterocycles. The predicted molar refractivity (Wildman–Crippen MR) is 114 cm³/mol. The van der Waals surface area contributed by atoms with Gasteiger partial charge in [-0.05, 0) is 13.0 Å². The minimum atomic E-state index is -4.81. The lowest BCUT2D eigenvalue weighted by atomic mass is 10.3. The summed E-state index contributed by atoms with van der Waals surface area (Å²) in [5, 5.41) is 3.57. The van der Waals surface area contributed by atoms with Crippen molar-refractivity contribution in [2.45, 2.75) is 31.7 Å². The summed E-state index contributed by atoms with van der Waals surface area (Å²) in [6.07, 6.45) is -7.00. The molecule has 198 valence electrons. The van der Waals surface area contributed by atoms with Crippen molar-refractivity contribution in [2.75, 3.05) is 49.7 Å². The van der Waals surface area contributed by atoms with Crippen molar-refractivity contribution in [1.29, 1.82) is 0 Å². The number of amides is 1. The number of hydrogen-bond acceptors (Lipinski definition) is 8. The molecule has 1 saturated heterocycles. The van der Waals surface area contributed by atoms with Crippen LogP contribution in [0.1, 0.15) is 24.5 Å². The zero-order valence-corrected chi connectivity index (χ0v) is 19.0. The SMILES string of the molecule is C[C@@H](COCCC(=O)N1CCN(c2ncc(C(F)(F)F)cn2)CC1)Nn1nccc(C(F)(F)F)c1=O. The van der Waals surface area contributed by atoms with E-state index in [0.29, 0.717) is 49.4 Å². The Morgan fingerprint density at radius 2 is 1.72 bits per heavy atom. The Labute approximate surface area is 200 Å². The maximum atomic E-state index is 12.8. The second kappa shape index (κ2) is 11.1. The fourth-order valence-corrected chi connectivity index (χ4v) is 3.33. The van der Waals surface area contributed by atoms with Gasteiger partial charge >= 0.3 is 12.4 Å². The third kappa shape index (κ3) is 7.05. The van der Waals surface area contributed by atoms with Crippen LogP contribution in [0.15, 0.2) is 29.5 Å². The average Bonchev–Trinajstić information content (AvgIpc) is 2.82. The smallest absolute Gasteiger partial charge is 0.379 e. The lowest BCUT2D eigenvalue weighted by Crippen LogP contribution is -2.49. The maximum Gasteiger partial charge on any atom is 0.421 e. The summed E-state index contributed by atoms with van der Waals surface area (Å²) < 4.78 is 81.8. The maximum absolute atomic E-state index is 12.8. The number of piperazine rings is 1. The van der Waals surface area contributed by atoms with Crippen LogP contribution >= 0.6 is 0 Å². The van der Waals surface area contributed by atoms with E-state index in [1.165, 1.54) is 0 Å². The Morgan fingerprint density at radius 1 is 1.08 bits per heavy atom. The normalized spacial score (nSPS) is 15.6. The molecule has 0 bridgehead atoms. The Kier molecular flexibility index (Phi) is 8.37. The lowest BCUT2D eigenvalue weighted by Gasteiger charge is -2.34. The van der Waals surface area contributed by atoms with E-state index in [0.717, 1.165) is 6.20 Å². The number of carbonyl (C=O) groups is 1. The zero-order valence-electron chi connectivity index (χ0n) is 19.0. The van der Waals surface area contributed by atoms with Crippen LogP contribution in [0.3, 0.4) is 0 Å². The van der Waals surface area contributed by atoms with Gasteiger partial charge in [-0.15, -0.1) is 4.79 Å². The van der Waals surface area contributed by atoms with Crippen molar-refractivity contribution in [1.82, 2.24) is 24.8 Å². The van der Waals surface area contributed by atoms with Gasteiger partial charge in [-0.3, -0.25) is 9.59 Å². The Hall–Kier alpha value is -3.43. The van der Waals surface area contributed by atoms with E-state index in [-0.39, 0.29) is 31.5 Å². The fourth-order valence-electron chi connectivity index (χ4n) is 3.33. The molecule has 3 rings (SSSR count). The highest BCUT2D eigenvalue weighted by atomic mass is 19.4. The molecule has 1 aliphatic heterocycles. The first-order chi connectivity index (χ1) is 16.9. The summed E-state index contributed by atoms with van der Waals surface area (Å²) in [6, 6.07) is 0.00462. The highest BCUT2D eigenvalue weighted by Crippen LogP contribution is 2.28. The highest BCUT2D eigenvalue weighted by Gasteiger charge is 2.35. The molecule has 1 amide bonds. The van der Waals surface area contributed by atoms with Gasteiger partial charge in [-0.25, -0.2) is 9.97 Å². The minimum absolute atomic E-state index is 0.00329. The molecule has 0 aliphatic carbocycles. The number of nitrogens with zero attached hydrogens (tertiary/aromatic N) is 6. The molecule has 0 spiro atoms. The van der Waals surface area contributed by atoms with Gasteiger partial charge < -0.3 is 20.0 Å². The van der Waals surface area contributed by atoms with Crippen molar-refractivity contribution in [3.8, 4) is 0 Å². The number of hydrogen-bond donors (Lipinski definition) is 1. The van der Waals surface area contributed by atoms with Gasteiger partial charge in [-0.1, -0.05) is 0 Å². The second-order valence-corrected chi connectivity index (χ2v) is 7.95. The largest absolute Gasteiger partial charge is 0.421 e. The van der Waals surface area contributed by atoms with Crippen molar-refractivity contribution >= 4 is 11.9 Å². The summed E-state index contributed by atoms with van der Waals surface area (Å²) in [6.45, 7) is 2.94. The Bertz CT molecular complexity index is 1080. The van der Waals surface area contributed by atoms with Crippen molar-refractivity contribution in [3.63, 3.8) is 0 Å². The van der Waals surface area contributed by atoms with Crippen molar-refractivity contribution in [3.05, 3.63) is 46.1 Å². The minimum Gasteiger partial charge on any atom is -0.379 e. The van der Waals surface area contributed by atoms with Gasteiger partial charge in [-0.2, -0.15) is 31.4 Å². The highest BCUT2D eigenvalue weighted by molar-refractivity contribution is 5.76. The molecule has 0 radical (unpaired) electrons. The van der Waals surface area contributed by atoms with Gasteiger partial charge in [0.05, 0.1) is 37.4 Å². The second-order valence-electron chi connectivity index (χ2n) is 7.95. The first-order valence-corrected chi connectivity index (χ1v) is 10.8. The fraction of sp³-hybridized carbons (Fsp3) is 0.550. The number of halogens is 6. The van der Waals surface area contributed by atoms with Crippen LogP contribution in [0, 0.1) is 0 Å². The van der Waals surface area contributed by atoms with E-state index in [4.69, 9.17) is 4.74 Å². The van der Waals surface area contributed by atoms with Crippen LogP contribution in [0.2, 0.25) is 0 Å². The molecule has 2 aromatic rings.